The van der Waals surface area contributed by atoms with Crippen LogP contribution in [0.25, 0.3) is 0 Å². The van der Waals surface area contributed by atoms with E-state index in [1.807, 2.05) is 20.9 Å². The van der Waals surface area contributed by atoms with Gasteiger partial charge in [-0.25, -0.2) is 0 Å². The fourth-order valence-corrected chi connectivity index (χ4v) is 1.61. The molecule has 14 heavy (non-hydrogen) atoms. The SMILES string of the molecule is CC.CNC1(C=O)CCCCC1.CO. The number of rotatable bonds is 2. The molecule has 0 aromatic heterocycles. The Morgan fingerprint density at radius 3 is 1.79 bits per heavy atom. The number of hydrogen-bond acceptors (Lipinski definition) is 3. The molecule has 0 aliphatic heterocycles. The average molecular weight is 203 g/mol. The molecular formula is C11H25NO2. The number of carbonyl (C=O) groups excluding carboxylic acids is 1. The van der Waals surface area contributed by atoms with E-state index in [1.54, 1.807) is 0 Å². The quantitative estimate of drug-likeness (QED) is 0.672. The molecule has 0 unspecified atom stereocenters. The third-order valence-electron chi connectivity index (χ3n) is 2.47. The van der Waals surface area contributed by atoms with Crippen molar-refractivity contribution in [1.29, 1.82) is 0 Å². The zero-order chi connectivity index (χ0) is 11.4. The summed E-state index contributed by atoms with van der Waals surface area (Å²) in [6.45, 7) is 4.00. The van der Waals surface area contributed by atoms with Crippen LogP contribution in [0.2, 0.25) is 0 Å². The molecule has 3 nitrogen and oxygen atoms in total. The van der Waals surface area contributed by atoms with Gasteiger partial charge in [-0.3, -0.25) is 0 Å². The molecular weight excluding hydrogens is 178 g/mol. The third-order valence-corrected chi connectivity index (χ3v) is 2.47. The van der Waals surface area contributed by atoms with Gasteiger partial charge >= 0.3 is 0 Å². The highest BCUT2D eigenvalue weighted by Gasteiger charge is 2.28. The Labute approximate surface area is 87.9 Å². The van der Waals surface area contributed by atoms with Gasteiger partial charge in [-0.15, -0.1) is 0 Å². The minimum absolute atomic E-state index is 0.168. The minimum Gasteiger partial charge on any atom is -0.400 e. The van der Waals surface area contributed by atoms with Crippen LogP contribution in [-0.2, 0) is 4.79 Å². The highest BCUT2D eigenvalue weighted by atomic mass is 16.2. The lowest BCUT2D eigenvalue weighted by Crippen LogP contribution is -2.45. The van der Waals surface area contributed by atoms with Gasteiger partial charge in [-0.1, -0.05) is 33.1 Å². The molecule has 1 aliphatic carbocycles. The second kappa shape index (κ2) is 10.7. The summed E-state index contributed by atoms with van der Waals surface area (Å²) in [7, 11) is 2.87. The predicted octanol–water partition coefficient (Wildman–Crippen LogP) is 1.74. The fraction of sp³-hybridized carbons (Fsp3) is 0.909. The van der Waals surface area contributed by atoms with Crippen molar-refractivity contribution in [2.45, 2.75) is 51.5 Å². The van der Waals surface area contributed by atoms with Crippen LogP contribution in [-0.4, -0.2) is 31.1 Å². The maximum Gasteiger partial charge on any atom is 0.140 e. The third kappa shape index (κ3) is 5.35. The van der Waals surface area contributed by atoms with Crippen molar-refractivity contribution in [1.82, 2.24) is 5.32 Å². The number of aldehydes is 1. The molecule has 1 aliphatic rings. The smallest absolute Gasteiger partial charge is 0.140 e. The Morgan fingerprint density at radius 1 is 1.14 bits per heavy atom. The van der Waals surface area contributed by atoms with Crippen molar-refractivity contribution >= 4 is 6.29 Å². The van der Waals surface area contributed by atoms with Crippen LogP contribution < -0.4 is 5.32 Å². The molecule has 0 amide bonds. The largest absolute Gasteiger partial charge is 0.400 e. The molecule has 0 spiro atoms. The van der Waals surface area contributed by atoms with E-state index in [0.29, 0.717) is 0 Å². The van der Waals surface area contributed by atoms with Crippen LogP contribution >= 0.6 is 0 Å². The maximum absolute atomic E-state index is 10.7. The molecule has 0 aromatic rings. The van der Waals surface area contributed by atoms with E-state index in [0.717, 1.165) is 26.2 Å². The Bertz CT molecular complexity index is 120. The van der Waals surface area contributed by atoms with Crippen molar-refractivity contribution < 1.29 is 9.90 Å². The molecule has 86 valence electrons. The normalized spacial score (nSPS) is 18.1. The first-order chi connectivity index (χ1) is 6.83. The van der Waals surface area contributed by atoms with Gasteiger partial charge in [0.2, 0.25) is 0 Å². The van der Waals surface area contributed by atoms with E-state index < -0.39 is 0 Å². The predicted molar refractivity (Wildman–Crippen MR) is 60.4 cm³/mol. The number of aliphatic hydroxyl groups is 1. The Hall–Kier alpha value is -0.410. The number of aliphatic hydroxyl groups excluding tert-OH is 1. The minimum atomic E-state index is -0.168. The van der Waals surface area contributed by atoms with Gasteiger partial charge in [0, 0.05) is 7.11 Å². The molecule has 0 atom stereocenters. The molecule has 2 N–H and O–H groups in total. The molecule has 0 saturated heterocycles. The van der Waals surface area contributed by atoms with Crippen LogP contribution in [0.5, 0.6) is 0 Å². The van der Waals surface area contributed by atoms with Crippen LogP contribution in [0.15, 0.2) is 0 Å². The lowest BCUT2D eigenvalue weighted by Gasteiger charge is -2.31. The summed E-state index contributed by atoms with van der Waals surface area (Å²) in [5.74, 6) is 0. The van der Waals surface area contributed by atoms with Crippen LogP contribution in [0.4, 0.5) is 0 Å². The van der Waals surface area contributed by atoms with Gasteiger partial charge in [0.25, 0.3) is 0 Å². The summed E-state index contributed by atoms with van der Waals surface area (Å²) in [6, 6.07) is 0. The van der Waals surface area contributed by atoms with Crippen LogP contribution in [0.1, 0.15) is 46.0 Å². The maximum atomic E-state index is 10.7. The van der Waals surface area contributed by atoms with E-state index in [9.17, 15) is 4.79 Å². The second-order valence-corrected chi connectivity index (χ2v) is 3.08. The molecule has 1 fully saturated rings. The summed E-state index contributed by atoms with van der Waals surface area (Å²) in [4.78, 5) is 10.7. The van der Waals surface area contributed by atoms with Crippen molar-refractivity contribution in [3.63, 3.8) is 0 Å². The monoisotopic (exact) mass is 203 g/mol. The highest BCUT2D eigenvalue weighted by molar-refractivity contribution is 5.64. The first-order valence-electron chi connectivity index (χ1n) is 5.43. The topological polar surface area (TPSA) is 49.3 Å². The van der Waals surface area contributed by atoms with Crippen molar-refractivity contribution in [2.24, 2.45) is 0 Å². The number of carbonyl (C=O) groups is 1. The van der Waals surface area contributed by atoms with Crippen molar-refractivity contribution in [3.8, 4) is 0 Å². The van der Waals surface area contributed by atoms with E-state index in [2.05, 4.69) is 5.32 Å². The van der Waals surface area contributed by atoms with Crippen molar-refractivity contribution in [2.75, 3.05) is 14.2 Å². The van der Waals surface area contributed by atoms with Gasteiger partial charge in [-0.05, 0) is 19.9 Å². The number of likely N-dealkylation sites (N-methyl/N-ethyl adjacent to an activating group) is 1. The average Bonchev–Trinajstić information content (AvgIpc) is 2.35. The summed E-state index contributed by atoms with van der Waals surface area (Å²) in [6.07, 6.45) is 6.79. The first-order valence-corrected chi connectivity index (χ1v) is 5.43. The fourth-order valence-electron chi connectivity index (χ4n) is 1.61. The Kier molecular flexibility index (Phi) is 12.2. The lowest BCUT2D eigenvalue weighted by molar-refractivity contribution is -0.114. The molecule has 1 saturated carbocycles. The van der Waals surface area contributed by atoms with E-state index >= 15 is 0 Å². The Balaban J connectivity index is 0. The molecule has 0 bridgehead atoms. The second-order valence-electron chi connectivity index (χ2n) is 3.08. The zero-order valence-electron chi connectivity index (χ0n) is 9.97. The van der Waals surface area contributed by atoms with Gasteiger partial charge < -0.3 is 15.2 Å². The van der Waals surface area contributed by atoms with E-state index in [4.69, 9.17) is 5.11 Å². The van der Waals surface area contributed by atoms with Gasteiger partial charge in [0.15, 0.2) is 0 Å². The lowest BCUT2D eigenvalue weighted by atomic mass is 9.83. The molecule has 0 radical (unpaired) electrons. The molecule has 3 heteroatoms. The van der Waals surface area contributed by atoms with Crippen LogP contribution in [0.3, 0.4) is 0 Å². The van der Waals surface area contributed by atoms with Crippen molar-refractivity contribution in [3.05, 3.63) is 0 Å². The van der Waals surface area contributed by atoms with Gasteiger partial charge in [0.1, 0.15) is 6.29 Å². The molecule has 0 aromatic carbocycles. The summed E-state index contributed by atoms with van der Waals surface area (Å²) < 4.78 is 0. The van der Waals surface area contributed by atoms with E-state index in [-0.39, 0.29) is 5.54 Å². The highest BCUT2D eigenvalue weighted by Crippen LogP contribution is 2.25. The molecule has 0 heterocycles. The number of hydrogen-bond donors (Lipinski definition) is 2. The van der Waals surface area contributed by atoms with Crippen LogP contribution in [0, 0.1) is 0 Å². The summed E-state index contributed by atoms with van der Waals surface area (Å²) in [5.41, 5.74) is -0.168. The van der Waals surface area contributed by atoms with Gasteiger partial charge in [-0.2, -0.15) is 0 Å². The first kappa shape index (κ1) is 16.0. The summed E-state index contributed by atoms with van der Waals surface area (Å²) >= 11 is 0. The zero-order valence-corrected chi connectivity index (χ0v) is 9.97. The molecule has 1 rings (SSSR count). The Morgan fingerprint density at radius 2 is 1.57 bits per heavy atom. The van der Waals surface area contributed by atoms with E-state index in [1.165, 1.54) is 19.3 Å². The number of nitrogens with one attached hydrogen (secondary N) is 1. The standard InChI is InChI=1S/C8H15NO.C2H6.CH4O/c1-9-8(7-10)5-3-2-4-6-8;2*1-2/h7,9H,2-6H2,1H3;1-2H3;2H,1H3. The summed E-state index contributed by atoms with van der Waals surface area (Å²) in [5, 5.41) is 10.1. The van der Waals surface area contributed by atoms with Gasteiger partial charge in [0.05, 0.1) is 5.54 Å².